The molecule has 21 heavy (non-hydrogen) atoms. The lowest BCUT2D eigenvalue weighted by molar-refractivity contribution is -0.130. The van der Waals surface area contributed by atoms with Crippen LogP contribution in [-0.4, -0.2) is 62.7 Å². The van der Waals surface area contributed by atoms with Crippen LogP contribution in [0, 0.1) is 0 Å². The van der Waals surface area contributed by atoms with Crippen LogP contribution in [0.4, 0.5) is 0 Å². The van der Waals surface area contributed by atoms with E-state index in [2.05, 4.69) is 15.0 Å². The van der Waals surface area contributed by atoms with Gasteiger partial charge in [0.05, 0.1) is 12.3 Å². The normalized spacial score (nSPS) is 15.9. The maximum atomic E-state index is 11.9. The molecular weight excluding hydrogens is 292 g/mol. The Kier molecular flexibility index (Phi) is 5.66. The van der Waals surface area contributed by atoms with E-state index in [9.17, 15) is 13.2 Å². The fraction of sp³-hybridized carbons (Fsp3) is 0.538. The fourth-order valence-corrected chi connectivity index (χ4v) is 3.02. The van der Waals surface area contributed by atoms with E-state index in [1.807, 2.05) is 6.07 Å². The SMILES string of the molecule is O=C(CNS(=O)(=O)CCc1ccccn1)N1CCNCC1. The number of amides is 1. The van der Waals surface area contributed by atoms with Gasteiger partial charge in [0.25, 0.3) is 0 Å². The molecule has 0 atom stereocenters. The molecule has 2 heterocycles. The third kappa shape index (κ3) is 5.41. The number of nitrogens with zero attached hydrogens (tertiary/aromatic N) is 2. The second kappa shape index (κ2) is 7.48. The molecule has 1 aromatic rings. The van der Waals surface area contributed by atoms with Crippen molar-refractivity contribution in [3.8, 4) is 0 Å². The van der Waals surface area contributed by atoms with E-state index in [1.54, 1.807) is 23.2 Å². The summed E-state index contributed by atoms with van der Waals surface area (Å²) < 4.78 is 26.1. The molecule has 2 rings (SSSR count). The Morgan fingerprint density at radius 2 is 2.10 bits per heavy atom. The molecule has 116 valence electrons. The van der Waals surface area contributed by atoms with E-state index >= 15 is 0 Å². The molecule has 0 aromatic carbocycles. The number of aryl methyl sites for hydroxylation is 1. The van der Waals surface area contributed by atoms with E-state index in [-0.39, 0.29) is 18.2 Å². The Morgan fingerprint density at radius 3 is 2.76 bits per heavy atom. The first-order chi connectivity index (χ1) is 10.1. The Balaban J connectivity index is 1.77. The molecule has 1 fully saturated rings. The van der Waals surface area contributed by atoms with Crippen molar-refractivity contribution in [3.63, 3.8) is 0 Å². The van der Waals surface area contributed by atoms with Gasteiger partial charge in [-0.15, -0.1) is 0 Å². The van der Waals surface area contributed by atoms with Gasteiger partial charge in [-0.25, -0.2) is 13.1 Å². The lowest BCUT2D eigenvalue weighted by Crippen LogP contribution is -2.49. The molecule has 2 N–H and O–H groups in total. The number of nitrogens with one attached hydrogen (secondary N) is 2. The van der Waals surface area contributed by atoms with Crippen LogP contribution >= 0.6 is 0 Å². The van der Waals surface area contributed by atoms with Crippen molar-refractivity contribution in [1.82, 2.24) is 19.9 Å². The van der Waals surface area contributed by atoms with Crippen LogP contribution in [0.1, 0.15) is 5.69 Å². The first-order valence-corrected chi connectivity index (χ1v) is 8.58. The highest BCUT2D eigenvalue weighted by molar-refractivity contribution is 7.89. The summed E-state index contributed by atoms with van der Waals surface area (Å²) in [5.74, 6) is -0.253. The molecule has 0 spiro atoms. The number of sulfonamides is 1. The number of hydrogen-bond donors (Lipinski definition) is 2. The molecule has 0 bridgehead atoms. The zero-order chi connectivity index (χ0) is 15.1. The molecule has 1 aliphatic heterocycles. The fourth-order valence-electron chi connectivity index (χ4n) is 2.05. The van der Waals surface area contributed by atoms with E-state index in [0.29, 0.717) is 19.5 Å². The first kappa shape index (κ1) is 15.9. The second-order valence-electron chi connectivity index (χ2n) is 4.84. The van der Waals surface area contributed by atoms with Crippen molar-refractivity contribution < 1.29 is 13.2 Å². The number of rotatable bonds is 6. The predicted molar refractivity (Wildman–Crippen MR) is 79.2 cm³/mol. The standard InChI is InChI=1S/C13H20N4O3S/c18-13(17-8-6-14-7-9-17)11-16-21(19,20)10-4-12-3-1-2-5-15-12/h1-3,5,14,16H,4,6-11H2. The third-order valence-electron chi connectivity index (χ3n) is 3.27. The molecular formula is C13H20N4O3S. The Hall–Kier alpha value is -1.51. The average Bonchev–Trinajstić information content (AvgIpc) is 2.53. The summed E-state index contributed by atoms with van der Waals surface area (Å²) in [6.07, 6.45) is 1.96. The Bertz CT molecular complexity index is 556. The van der Waals surface area contributed by atoms with Crippen LogP contribution < -0.4 is 10.0 Å². The minimum absolute atomic E-state index is 0.0706. The van der Waals surface area contributed by atoms with Gasteiger partial charge >= 0.3 is 0 Å². The van der Waals surface area contributed by atoms with E-state index in [0.717, 1.165) is 18.8 Å². The molecule has 0 aliphatic carbocycles. The zero-order valence-electron chi connectivity index (χ0n) is 11.8. The van der Waals surface area contributed by atoms with Crippen LogP contribution in [0.3, 0.4) is 0 Å². The van der Waals surface area contributed by atoms with Crippen LogP contribution in [0.2, 0.25) is 0 Å². The van der Waals surface area contributed by atoms with Gasteiger partial charge in [0.1, 0.15) is 0 Å². The number of hydrogen-bond acceptors (Lipinski definition) is 5. The van der Waals surface area contributed by atoms with Crippen LogP contribution in [0.5, 0.6) is 0 Å². The third-order valence-corrected chi connectivity index (χ3v) is 4.59. The van der Waals surface area contributed by atoms with Gasteiger partial charge in [-0.3, -0.25) is 9.78 Å². The molecule has 1 amide bonds. The quantitative estimate of drug-likeness (QED) is 0.701. The smallest absolute Gasteiger partial charge is 0.237 e. The Morgan fingerprint density at radius 1 is 1.33 bits per heavy atom. The van der Waals surface area contributed by atoms with Gasteiger partial charge in [0, 0.05) is 44.5 Å². The molecule has 1 saturated heterocycles. The van der Waals surface area contributed by atoms with Gasteiger partial charge in [0.15, 0.2) is 0 Å². The van der Waals surface area contributed by atoms with Crippen LogP contribution in [0.15, 0.2) is 24.4 Å². The van der Waals surface area contributed by atoms with Crippen molar-refractivity contribution in [2.75, 3.05) is 38.5 Å². The lowest BCUT2D eigenvalue weighted by Gasteiger charge is -2.27. The molecule has 0 radical (unpaired) electrons. The van der Waals surface area contributed by atoms with Crippen molar-refractivity contribution in [1.29, 1.82) is 0 Å². The summed E-state index contributed by atoms with van der Waals surface area (Å²) in [6, 6.07) is 5.38. The van der Waals surface area contributed by atoms with Gasteiger partial charge < -0.3 is 10.2 Å². The van der Waals surface area contributed by atoms with Crippen molar-refractivity contribution in [2.45, 2.75) is 6.42 Å². The first-order valence-electron chi connectivity index (χ1n) is 6.92. The molecule has 1 aromatic heterocycles. The summed E-state index contributed by atoms with van der Waals surface area (Å²) in [6.45, 7) is 2.56. The van der Waals surface area contributed by atoms with Crippen molar-refractivity contribution >= 4 is 15.9 Å². The number of aromatic nitrogens is 1. The summed E-state index contributed by atoms with van der Waals surface area (Å²) in [5.41, 5.74) is 0.719. The van der Waals surface area contributed by atoms with Gasteiger partial charge in [-0.05, 0) is 12.1 Å². The Labute approximate surface area is 124 Å². The molecule has 7 nitrogen and oxygen atoms in total. The molecule has 0 saturated carbocycles. The summed E-state index contributed by atoms with van der Waals surface area (Å²) in [4.78, 5) is 17.6. The molecule has 1 aliphatic rings. The van der Waals surface area contributed by atoms with Gasteiger partial charge in [0.2, 0.25) is 15.9 Å². The van der Waals surface area contributed by atoms with Crippen LogP contribution in [0.25, 0.3) is 0 Å². The minimum atomic E-state index is -3.47. The summed E-state index contributed by atoms with van der Waals surface area (Å²) in [5, 5.41) is 3.14. The summed E-state index contributed by atoms with van der Waals surface area (Å²) >= 11 is 0. The maximum absolute atomic E-state index is 11.9. The predicted octanol–water partition coefficient (Wildman–Crippen LogP) is -1.02. The van der Waals surface area contributed by atoms with E-state index in [4.69, 9.17) is 0 Å². The van der Waals surface area contributed by atoms with Gasteiger partial charge in [-0.1, -0.05) is 6.07 Å². The number of carbonyl (C=O) groups is 1. The largest absolute Gasteiger partial charge is 0.339 e. The zero-order valence-corrected chi connectivity index (χ0v) is 12.6. The van der Waals surface area contributed by atoms with Crippen LogP contribution in [-0.2, 0) is 21.2 Å². The van der Waals surface area contributed by atoms with Gasteiger partial charge in [-0.2, -0.15) is 0 Å². The minimum Gasteiger partial charge on any atom is -0.339 e. The molecule has 0 unspecified atom stereocenters. The number of piperazine rings is 1. The number of carbonyl (C=O) groups excluding carboxylic acids is 1. The van der Waals surface area contributed by atoms with Crippen molar-refractivity contribution in [2.24, 2.45) is 0 Å². The van der Waals surface area contributed by atoms with E-state index in [1.165, 1.54) is 0 Å². The second-order valence-corrected chi connectivity index (χ2v) is 6.77. The topological polar surface area (TPSA) is 91.4 Å². The lowest BCUT2D eigenvalue weighted by atomic mass is 10.3. The molecule has 8 heteroatoms. The maximum Gasteiger partial charge on any atom is 0.237 e. The summed E-state index contributed by atoms with van der Waals surface area (Å²) in [7, 11) is -3.47. The highest BCUT2D eigenvalue weighted by Crippen LogP contribution is 1.98. The monoisotopic (exact) mass is 312 g/mol. The van der Waals surface area contributed by atoms with E-state index < -0.39 is 10.0 Å². The highest BCUT2D eigenvalue weighted by atomic mass is 32.2. The average molecular weight is 312 g/mol. The highest BCUT2D eigenvalue weighted by Gasteiger charge is 2.18. The number of pyridine rings is 1. The van der Waals surface area contributed by atoms with Crippen molar-refractivity contribution in [3.05, 3.63) is 30.1 Å².